The Kier molecular flexibility index (Phi) is 5.43. The number of halogens is 1. The van der Waals surface area contributed by atoms with Gasteiger partial charge in [0.2, 0.25) is 5.95 Å². The largest absolute Gasteiger partial charge is 0.493 e. The molecular formula is C20H27ClN4O2. The third-order valence-electron chi connectivity index (χ3n) is 5.53. The molecule has 1 aromatic heterocycles. The average Bonchev–Trinajstić information content (AvgIpc) is 2.74. The molecule has 0 atom stereocenters. The SMILES string of the molecule is COc1cc(Cl)c2nc(N3CCCCC3)nc(N3CCCCC3)c2c1OC. The number of piperidine rings is 2. The van der Waals surface area contributed by atoms with E-state index in [1.165, 1.54) is 38.5 Å². The van der Waals surface area contributed by atoms with Crippen molar-refractivity contribution in [3.8, 4) is 11.5 Å². The van der Waals surface area contributed by atoms with E-state index >= 15 is 0 Å². The van der Waals surface area contributed by atoms with Gasteiger partial charge >= 0.3 is 0 Å². The van der Waals surface area contributed by atoms with Crippen molar-refractivity contribution < 1.29 is 9.47 Å². The molecule has 0 saturated carbocycles. The Bertz CT molecular complexity index is 817. The van der Waals surface area contributed by atoms with Crippen LogP contribution in [0.3, 0.4) is 0 Å². The van der Waals surface area contributed by atoms with Gasteiger partial charge in [-0.2, -0.15) is 4.98 Å². The lowest BCUT2D eigenvalue weighted by molar-refractivity contribution is 0.358. The number of benzene rings is 1. The van der Waals surface area contributed by atoms with Gasteiger partial charge in [0.25, 0.3) is 0 Å². The van der Waals surface area contributed by atoms with E-state index in [4.69, 9.17) is 31.0 Å². The maximum atomic E-state index is 6.63. The molecule has 1 aromatic carbocycles. The minimum absolute atomic E-state index is 0.571. The standard InChI is InChI=1S/C20H27ClN4O2/c1-26-15-13-14(21)17-16(18(15)27-2)19(24-9-5-3-6-10-24)23-20(22-17)25-11-7-4-8-12-25/h13H,3-12H2,1-2H3. The van der Waals surface area contributed by atoms with Crippen molar-refractivity contribution in [3.05, 3.63) is 11.1 Å². The monoisotopic (exact) mass is 390 g/mol. The van der Waals surface area contributed by atoms with Crippen molar-refractivity contribution in [3.63, 3.8) is 0 Å². The van der Waals surface area contributed by atoms with Crippen LogP contribution in [0, 0.1) is 0 Å². The summed E-state index contributed by atoms with van der Waals surface area (Å²) in [7, 11) is 3.28. The van der Waals surface area contributed by atoms with Crippen LogP contribution in [0.2, 0.25) is 5.02 Å². The third-order valence-corrected chi connectivity index (χ3v) is 5.82. The number of methoxy groups -OCH3 is 2. The molecule has 0 amide bonds. The van der Waals surface area contributed by atoms with Crippen LogP contribution in [-0.4, -0.2) is 50.4 Å². The van der Waals surface area contributed by atoms with Gasteiger partial charge < -0.3 is 19.3 Å². The second-order valence-corrected chi connectivity index (χ2v) is 7.67. The highest BCUT2D eigenvalue weighted by molar-refractivity contribution is 6.36. The Labute approximate surface area is 165 Å². The molecule has 2 aliphatic rings. The highest BCUT2D eigenvalue weighted by atomic mass is 35.5. The Morgan fingerprint density at radius 1 is 0.852 bits per heavy atom. The van der Waals surface area contributed by atoms with Crippen molar-refractivity contribution in [2.75, 3.05) is 50.2 Å². The van der Waals surface area contributed by atoms with Crippen LogP contribution in [0.25, 0.3) is 10.9 Å². The molecule has 0 unspecified atom stereocenters. The number of rotatable bonds is 4. The maximum absolute atomic E-state index is 6.63. The van der Waals surface area contributed by atoms with E-state index in [0.717, 1.165) is 48.8 Å². The first-order valence-corrected chi connectivity index (χ1v) is 10.2. The van der Waals surface area contributed by atoms with Crippen LogP contribution in [0.5, 0.6) is 11.5 Å². The van der Waals surface area contributed by atoms with Gasteiger partial charge in [-0.25, -0.2) is 4.98 Å². The van der Waals surface area contributed by atoms with E-state index < -0.39 is 0 Å². The molecule has 0 N–H and O–H groups in total. The van der Waals surface area contributed by atoms with Gasteiger partial charge in [0.05, 0.1) is 24.6 Å². The van der Waals surface area contributed by atoms with Gasteiger partial charge in [-0.1, -0.05) is 11.6 Å². The fraction of sp³-hybridized carbons (Fsp3) is 0.600. The van der Waals surface area contributed by atoms with E-state index in [-0.39, 0.29) is 0 Å². The normalized spacial score (nSPS) is 18.0. The van der Waals surface area contributed by atoms with Gasteiger partial charge in [-0.15, -0.1) is 0 Å². The minimum Gasteiger partial charge on any atom is -0.493 e. The number of fused-ring (bicyclic) bond motifs is 1. The topological polar surface area (TPSA) is 50.7 Å². The zero-order valence-corrected chi connectivity index (χ0v) is 16.9. The van der Waals surface area contributed by atoms with Crippen molar-refractivity contribution >= 4 is 34.3 Å². The van der Waals surface area contributed by atoms with Crippen LogP contribution in [0.15, 0.2) is 6.07 Å². The van der Waals surface area contributed by atoms with Crippen LogP contribution in [0.4, 0.5) is 11.8 Å². The molecule has 7 heteroatoms. The van der Waals surface area contributed by atoms with E-state index in [1.54, 1.807) is 20.3 Å². The zero-order valence-electron chi connectivity index (χ0n) is 16.1. The van der Waals surface area contributed by atoms with Crippen LogP contribution in [-0.2, 0) is 0 Å². The summed E-state index contributed by atoms with van der Waals surface area (Å²) >= 11 is 6.63. The summed E-state index contributed by atoms with van der Waals surface area (Å²) in [6, 6.07) is 1.79. The van der Waals surface area contributed by atoms with Crippen molar-refractivity contribution in [1.82, 2.24) is 9.97 Å². The van der Waals surface area contributed by atoms with Crippen molar-refractivity contribution in [2.24, 2.45) is 0 Å². The Morgan fingerprint density at radius 2 is 1.48 bits per heavy atom. The zero-order chi connectivity index (χ0) is 18.8. The van der Waals surface area contributed by atoms with Crippen LogP contribution >= 0.6 is 11.6 Å². The lowest BCUT2D eigenvalue weighted by Gasteiger charge is -2.32. The Balaban J connectivity index is 1.94. The molecule has 2 fully saturated rings. The average molecular weight is 391 g/mol. The fourth-order valence-corrected chi connectivity index (χ4v) is 4.35. The number of hydrogen-bond donors (Lipinski definition) is 0. The molecule has 0 aliphatic carbocycles. The third kappa shape index (κ3) is 3.47. The molecule has 3 heterocycles. The van der Waals surface area contributed by atoms with Crippen LogP contribution in [0.1, 0.15) is 38.5 Å². The molecule has 2 saturated heterocycles. The van der Waals surface area contributed by atoms with Gasteiger partial charge in [-0.05, 0) is 38.5 Å². The Morgan fingerprint density at radius 3 is 2.07 bits per heavy atom. The molecular weight excluding hydrogens is 364 g/mol. The number of aromatic nitrogens is 2. The van der Waals surface area contributed by atoms with Gasteiger partial charge in [0.15, 0.2) is 11.5 Å². The quantitative estimate of drug-likeness (QED) is 0.776. The molecule has 0 radical (unpaired) electrons. The Hall–Kier alpha value is -1.95. The summed E-state index contributed by atoms with van der Waals surface area (Å²) in [6.45, 7) is 3.97. The predicted molar refractivity (Wildman–Crippen MR) is 110 cm³/mol. The van der Waals surface area contributed by atoms with E-state index in [1.807, 2.05) is 0 Å². The molecule has 146 valence electrons. The first-order valence-electron chi connectivity index (χ1n) is 9.85. The summed E-state index contributed by atoms with van der Waals surface area (Å²) in [5.74, 6) is 2.96. The van der Waals surface area contributed by atoms with Crippen molar-refractivity contribution in [2.45, 2.75) is 38.5 Å². The predicted octanol–water partition coefficient (Wildman–Crippen LogP) is 4.28. The second kappa shape index (κ2) is 7.97. The van der Waals surface area contributed by atoms with Gasteiger partial charge in [0, 0.05) is 32.2 Å². The lowest BCUT2D eigenvalue weighted by atomic mass is 10.1. The summed E-state index contributed by atoms with van der Waals surface area (Å²) < 4.78 is 11.2. The molecule has 2 aliphatic heterocycles. The van der Waals surface area contributed by atoms with Gasteiger partial charge in [0.1, 0.15) is 11.3 Å². The molecule has 4 rings (SSSR count). The highest BCUT2D eigenvalue weighted by Gasteiger charge is 2.26. The molecule has 27 heavy (non-hydrogen) atoms. The molecule has 0 spiro atoms. The minimum atomic E-state index is 0.571. The molecule has 0 bridgehead atoms. The summed E-state index contributed by atoms with van der Waals surface area (Å²) in [6.07, 6.45) is 7.24. The van der Waals surface area contributed by atoms with E-state index in [2.05, 4.69) is 9.80 Å². The smallest absolute Gasteiger partial charge is 0.227 e. The van der Waals surface area contributed by atoms with E-state index in [9.17, 15) is 0 Å². The molecule has 6 nitrogen and oxygen atoms in total. The summed E-state index contributed by atoms with van der Waals surface area (Å²) in [5, 5.41) is 1.42. The maximum Gasteiger partial charge on any atom is 0.227 e. The fourth-order valence-electron chi connectivity index (χ4n) is 4.12. The van der Waals surface area contributed by atoms with Crippen LogP contribution < -0.4 is 19.3 Å². The summed E-state index contributed by atoms with van der Waals surface area (Å²) in [4.78, 5) is 14.5. The number of nitrogens with zero attached hydrogens (tertiary/aromatic N) is 4. The second-order valence-electron chi connectivity index (χ2n) is 7.26. The lowest BCUT2D eigenvalue weighted by Crippen LogP contribution is -2.34. The highest BCUT2D eigenvalue weighted by Crippen LogP contribution is 2.44. The number of hydrogen-bond acceptors (Lipinski definition) is 6. The van der Waals surface area contributed by atoms with E-state index in [0.29, 0.717) is 16.5 Å². The first kappa shape index (κ1) is 18.4. The molecule has 2 aromatic rings. The van der Waals surface area contributed by atoms with Gasteiger partial charge in [-0.3, -0.25) is 0 Å². The van der Waals surface area contributed by atoms with Crippen molar-refractivity contribution in [1.29, 1.82) is 0 Å². The summed E-state index contributed by atoms with van der Waals surface area (Å²) in [5.41, 5.74) is 0.741. The number of ether oxygens (including phenoxy) is 2. The number of anilines is 2. The first-order chi connectivity index (χ1) is 13.2.